The molecular formula is C18H27N3O4S. The van der Waals surface area contributed by atoms with Crippen molar-refractivity contribution in [3.8, 4) is 0 Å². The molecule has 0 aromatic heterocycles. The van der Waals surface area contributed by atoms with Crippen molar-refractivity contribution >= 4 is 27.3 Å². The molecular weight excluding hydrogens is 354 g/mol. The van der Waals surface area contributed by atoms with Crippen molar-refractivity contribution in [3.05, 3.63) is 28.8 Å². The van der Waals surface area contributed by atoms with Crippen LogP contribution in [-0.2, 0) is 19.4 Å². The first-order valence-electron chi connectivity index (χ1n) is 8.62. The van der Waals surface area contributed by atoms with E-state index in [1.54, 1.807) is 11.9 Å². The number of rotatable bonds is 6. The first kappa shape index (κ1) is 20.4. The number of nitrogens with one attached hydrogen (secondary N) is 2. The number of anilines is 1. The van der Waals surface area contributed by atoms with E-state index in [4.69, 9.17) is 0 Å². The Hall–Kier alpha value is -1.93. The third-order valence-corrected chi connectivity index (χ3v) is 6.13. The SMILES string of the molecule is Cc1cc(C)c(NC(=O)CN(C)CC(=O)N[C@H]2CCS(=O)(=O)C2)c(C)c1. The van der Waals surface area contributed by atoms with Crippen LogP contribution < -0.4 is 10.6 Å². The summed E-state index contributed by atoms with van der Waals surface area (Å²) in [5, 5.41) is 5.62. The Kier molecular flexibility index (Phi) is 6.41. The smallest absolute Gasteiger partial charge is 0.238 e. The third kappa shape index (κ3) is 5.81. The average molecular weight is 381 g/mol. The Morgan fingerprint density at radius 2 is 1.69 bits per heavy atom. The van der Waals surface area contributed by atoms with Gasteiger partial charge in [0.2, 0.25) is 11.8 Å². The highest BCUT2D eigenvalue weighted by Crippen LogP contribution is 2.21. The van der Waals surface area contributed by atoms with Gasteiger partial charge >= 0.3 is 0 Å². The lowest BCUT2D eigenvalue weighted by Crippen LogP contribution is -2.43. The number of benzene rings is 1. The molecule has 0 unspecified atom stereocenters. The number of carbonyl (C=O) groups excluding carboxylic acids is 2. The van der Waals surface area contributed by atoms with Gasteiger partial charge in [-0.05, 0) is 45.4 Å². The van der Waals surface area contributed by atoms with Crippen molar-refractivity contribution in [1.82, 2.24) is 10.2 Å². The van der Waals surface area contributed by atoms with E-state index in [2.05, 4.69) is 10.6 Å². The Morgan fingerprint density at radius 3 is 2.23 bits per heavy atom. The summed E-state index contributed by atoms with van der Waals surface area (Å²) in [6.07, 6.45) is 0.449. The molecule has 1 aromatic carbocycles. The molecule has 2 amide bonds. The minimum atomic E-state index is -3.03. The van der Waals surface area contributed by atoms with E-state index >= 15 is 0 Å². The fourth-order valence-electron chi connectivity index (χ4n) is 3.28. The minimum absolute atomic E-state index is 0.00504. The third-order valence-electron chi connectivity index (χ3n) is 4.37. The summed E-state index contributed by atoms with van der Waals surface area (Å²) in [4.78, 5) is 25.9. The molecule has 1 heterocycles. The van der Waals surface area contributed by atoms with E-state index in [1.165, 1.54) is 0 Å². The predicted molar refractivity (Wildman–Crippen MR) is 102 cm³/mol. The van der Waals surface area contributed by atoms with Crippen LogP contribution >= 0.6 is 0 Å². The van der Waals surface area contributed by atoms with Gasteiger partial charge < -0.3 is 10.6 Å². The van der Waals surface area contributed by atoms with Gasteiger partial charge in [0.25, 0.3) is 0 Å². The van der Waals surface area contributed by atoms with Gasteiger partial charge in [-0.15, -0.1) is 0 Å². The summed E-state index contributed by atoms with van der Waals surface area (Å²) in [7, 11) is -1.35. The van der Waals surface area contributed by atoms with E-state index < -0.39 is 9.84 Å². The van der Waals surface area contributed by atoms with Crippen molar-refractivity contribution in [2.45, 2.75) is 33.2 Å². The highest BCUT2D eigenvalue weighted by molar-refractivity contribution is 7.91. The number of nitrogens with zero attached hydrogens (tertiary/aromatic N) is 1. The lowest BCUT2D eigenvalue weighted by Gasteiger charge is -2.19. The molecule has 1 aliphatic heterocycles. The van der Waals surface area contributed by atoms with Gasteiger partial charge in [-0.25, -0.2) is 8.42 Å². The van der Waals surface area contributed by atoms with Gasteiger partial charge in [0.05, 0.1) is 24.6 Å². The quantitative estimate of drug-likeness (QED) is 0.759. The maximum absolute atomic E-state index is 12.3. The second-order valence-electron chi connectivity index (χ2n) is 7.16. The largest absolute Gasteiger partial charge is 0.351 e. The molecule has 7 nitrogen and oxygen atoms in total. The monoisotopic (exact) mass is 381 g/mol. The molecule has 0 aliphatic carbocycles. The van der Waals surface area contributed by atoms with E-state index in [9.17, 15) is 18.0 Å². The molecule has 0 radical (unpaired) electrons. The first-order valence-corrected chi connectivity index (χ1v) is 10.4. The zero-order chi connectivity index (χ0) is 19.5. The molecule has 0 bridgehead atoms. The molecule has 0 saturated carbocycles. The highest BCUT2D eigenvalue weighted by Gasteiger charge is 2.29. The van der Waals surface area contributed by atoms with Crippen LogP contribution in [0.5, 0.6) is 0 Å². The molecule has 26 heavy (non-hydrogen) atoms. The Balaban J connectivity index is 1.83. The van der Waals surface area contributed by atoms with Gasteiger partial charge in [-0.2, -0.15) is 0 Å². The average Bonchev–Trinajstić information content (AvgIpc) is 2.81. The van der Waals surface area contributed by atoms with Crippen molar-refractivity contribution < 1.29 is 18.0 Å². The number of hydrogen-bond acceptors (Lipinski definition) is 5. The van der Waals surface area contributed by atoms with E-state index in [0.29, 0.717) is 6.42 Å². The topological polar surface area (TPSA) is 95.6 Å². The lowest BCUT2D eigenvalue weighted by atomic mass is 10.1. The fourth-order valence-corrected chi connectivity index (χ4v) is 4.96. The van der Waals surface area contributed by atoms with Crippen molar-refractivity contribution in [2.75, 3.05) is 37.0 Å². The van der Waals surface area contributed by atoms with Crippen molar-refractivity contribution in [3.63, 3.8) is 0 Å². The van der Waals surface area contributed by atoms with Crippen molar-refractivity contribution in [1.29, 1.82) is 0 Å². The van der Waals surface area contributed by atoms with E-state index in [1.807, 2.05) is 32.9 Å². The van der Waals surface area contributed by atoms with Crippen LogP contribution in [0.25, 0.3) is 0 Å². The highest BCUT2D eigenvalue weighted by atomic mass is 32.2. The van der Waals surface area contributed by atoms with Gasteiger partial charge in [-0.1, -0.05) is 17.7 Å². The summed E-state index contributed by atoms with van der Waals surface area (Å²) in [5.74, 6) is -0.357. The zero-order valence-electron chi connectivity index (χ0n) is 15.8. The Morgan fingerprint density at radius 1 is 1.12 bits per heavy atom. The molecule has 1 aromatic rings. The van der Waals surface area contributed by atoms with Crippen LogP contribution in [0.2, 0.25) is 0 Å². The molecule has 8 heteroatoms. The van der Waals surface area contributed by atoms with Gasteiger partial charge in [0.1, 0.15) is 0 Å². The molecule has 144 valence electrons. The van der Waals surface area contributed by atoms with Crippen LogP contribution in [0.1, 0.15) is 23.1 Å². The molecule has 1 atom stereocenters. The van der Waals surface area contributed by atoms with E-state index in [-0.39, 0.29) is 42.5 Å². The summed E-state index contributed by atoms with van der Waals surface area (Å²) in [5.41, 5.74) is 3.94. The van der Waals surface area contributed by atoms with Crippen molar-refractivity contribution in [2.24, 2.45) is 0 Å². The van der Waals surface area contributed by atoms with Gasteiger partial charge in [-0.3, -0.25) is 14.5 Å². The maximum atomic E-state index is 12.3. The second kappa shape index (κ2) is 8.18. The fraction of sp³-hybridized carbons (Fsp3) is 0.556. The minimum Gasteiger partial charge on any atom is -0.351 e. The molecule has 2 N–H and O–H groups in total. The van der Waals surface area contributed by atoms with Crippen LogP contribution in [0.3, 0.4) is 0 Å². The molecule has 1 saturated heterocycles. The molecule has 1 fully saturated rings. The van der Waals surface area contributed by atoms with Gasteiger partial charge in [0.15, 0.2) is 9.84 Å². The zero-order valence-corrected chi connectivity index (χ0v) is 16.6. The van der Waals surface area contributed by atoms with Crippen LogP contribution in [0.4, 0.5) is 5.69 Å². The number of amides is 2. The summed E-state index contributed by atoms with van der Waals surface area (Å²) in [6, 6.07) is 3.69. The van der Waals surface area contributed by atoms with Gasteiger partial charge in [0, 0.05) is 11.7 Å². The maximum Gasteiger partial charge on any atom is 0.238 e. The van der Waals surface area contributed by atoms with Crippen LogP contribution in [0, 0.1) is 20.8 Å². The number of sulfone groups is 1. The van der Waals surface area contributed by atoms with Crippen LogP contribution in [0.15, 0.2) is 12.1 Å². The number of carbonyl (C=O) groups is 2. The second-order valence-corrected chi connectivity index (χ2v) is 9.39. The number of aryl methyl sites for hydroxylation is 3. The van der Waals surface area contributed by atoms with E-state index in [0.717, 1.165) is 22.4 Å². The Labute approximate surface area is 155 Å². The summed E-state index contributed by atoms with van der Waals surface area (Å²) in [6.45, 7) is 6.01. The lowest BCUT2D eigenvalue weighted by molar-refractivity contribution is -0.123. The Bertz CT molecular complexity index is 782. The molecule has 0 spiro atoms. The predicted octanol–water partition coefficient (Wildman–Crippen LogP) is 0.785. The first-order chi connectivity index (χ1) is 12.1. The molecule has 2 rings (SSSR count). The normalized spacial score (nSPS) is 18.7. The van der Waals surface area contributed by atoms with Crippen LogP contribution in [-0.4, -0.2) is 62.8 Å². The number of hydrogen-bond donors (Lipinski definition) is 2. The summed E-state index contributed by atoms with van der Waals surface area (Å²) >= 11 is 0. The standard InChI is InChI=1S/C18H27N3O4S/c1-12-7-13(2)18(14(3)8-12)20-17(23)10-21(4)9-16(22)19-15-5-6-26(24,25)11-15/h7-8,15H,5-6,9-11H2,1-4H3,(H,19,22)(H,20,23)/t15-/m0/s1. The molecule has 1 aliphatic rings. The number of likely N-dealkylation sites (N-methyl/N-ethyl adjacent to an activating group) is 1. The summed E-state index contributed by atoms with van der Waals surface area (Å²) < 4.78 is 22.9.